The Bertz CT molecular complexity index is 732. The van der Waals surface area contributed by atoms with Crippen molar-refractivity contribution in [3.63, 3.8) is 0 Å². The van der Waals surface area contributed by atoms with Crippen molar-refractivity contribution >= 4 is 11.6 Å². The first-order valence-corrected chi connectivity index (χ1v) is 8.65. The molecule has 1 atom stereocenters. The highest BCUT2D eigenvalue weighted by Gasteiger charge is 2.28. The van der Waals surface area contributed by atoms with Crippen molar-refractivity contribution < 1.29 is 9.53 Å². The van der Waals surface area contributed by atoms with Gasteiger partial charge in [-0.05, 0) is 43.1 Å². The van der Waals surface area contributed by atoms with E-state index < -0.39 is 0 Å². The van der Waals surface area contributed by atoms with Crippen LogP contribution in [0.5, 0.6) is 5.75 Å². The maximum atomic E-state index is 11.5. The summed E-state index contributed by atoms with van der Waals surface area (Å²) in [4.78, 5) is 13.7. The van der Waals surface area contributed by atoms with E-state index in [0.717, 1.165) is 42.9 Å². The van der Waals surface area contributed by atoms with E-state index in [4.69, 9.17) is 10.5 Å². The van der Waals surface area contributed by atoms with Crippen LogP contribution in [0.3, 0.4) is 0 Å². The van der Waals surface area contributed by atoms with Crippen molar-refractivity contribution in [3.8, 4) is 5.75 Å². The summed E-state index contributed by atoms with van der Waals surface area (Å²) in [5.41, 5.74) is 8.85. The zero-order valence-electron chi connectivity index (χ0n) is 14.6. The summed E-state index contributed by atoms with van der Waals surface area (Å²) < 4.78 is 5.39. The van der Waals surface area contributed by atoms with Gasteiger partial charge in [0, 0.05) is 24.3 Å². The molecule has 0 aliphatic carbocycles. The summed E-state index contributed by atoms with van der Waals surface area (Å²) in [5, 5.41) is 3.44. The third kappa shape index (κ3) is 4.31. The molecule has 1 aliphatic heterocycles. The number of nitrogens with two attached hydrogens (primary N) is 1. The second-order valence-corrected chi connectivity index (χ2v) is 6.40. The molecule has 1 heterocycles. The van der Waals surface area contributed by atoms with E-state index in [0.29, 0.717) is 6.54 Å². The van der Waals surface area contributed by atoms with Crippen LogP contribution in [0.1, 0.15) is 24.0 Å². The van der Waals surface area contributed by atoms with Crippen molar-refractivity contribution in [1.29, 1.82) is 0 Å². The topological polar surface area (TPSA) is 67.6 Å². The Balaban J connectivity index is 1.64. The number of nitrogens with one attached hydrogen (secondary N) is 1. The van der Waals surface area contributed by atoms with Crippen molar-refractivity contribution in [2.24, 2.45) is 5.73 Å². The van der Waals surface area contributed by atoms with Gasteiger partial charge in [0.25, 0.3) is 0 Å². The number of ether oxygens (including phenoxy) is 1. The van der Waals surface area contributed by atoms with Crippen LogP contribution in [0.2, 0.25) is 0 Å². The molecule has 132 valence electrons. The van der Waals surface area contributed by atoms with E-state index >= 15 is 0 Å². The molecule has 0 spiro atoms. The van der Waals surface area contributed by atoms with E-state index in [1.807, 2.05) is 24.3 Å². The number of amides is 1. The minimum atomic E-state index is -0.219. The average Bonchev–Trinajstić information content (AvgIpc) is 3.09. The maximum absolute atomic E-state index is 11.5. The van der Waals surface area contributed by atoms with E-state index in [1.165, 1.54) is 5.56 Å². The largest absolute Gasteiger partial charge is 0.496 e. The molecule has 2 aromatic carbocycles. The Morgan fingerprint density at radius 3 is 2.92 bits per heavy atom. The fourth-order valence-corrected chi connectivity index (χ4v) is 3.40. The van der Waals surface area contributed by atoms with Gasteiger partial charge in [-0.15, -0.1) is 0 Å². The quantitative estimate of drug-likeness (QED) is 0.814. The molecule has 0 bridgehead atoms. The highest BCUT2D eigenvalue weighted by Crippen LogP contribution is 2.22. The molecular formula is C20H25N3O2. The van der Waals surface area contributed by atoms with Gasteiger partial charge in [-0.25, -0.2) is 0 Å². The summed E-state index contributed by atoms with van der Waals surface area (Å²) >= 11 is 0. The number of primary amides is 1. The number of hydrogen-bond donors (Lipinski definition) is 2. The number of benzene rings is 2. The molecule has 5 nitrogen and oxygen atoms in total. The summed E-state index contributed by atoms with van der Waals surface area (Å²) in [7, 11) is 1.69. The minimum absolute atomic E-state index is 0.134. The lowest BCUT2D eigenvalue weighted by Gasteiger charge is -2.22. The molecule has 0 saturated carbocycles. The van der Waals surface area contributed by atoms with Gasteiger partial charge in [0.2, 0.25) is 5.91 Å². The molecule has 1 aliphatic rings. The third-order valence-corrected chi connectivity index (χ3v) is 4.68. The summed E-state index contributed by atoms with van der Waals surface area (Å²) in [5.74, 6) is 0.662. The molecule has 25 heavy (non-hydrogen) atoms. The standard InChI is InChI=1S/C20H25N3O2/c1-25-19-10-3-2-7-16(19)13-22-17-8-4-6-15(12-17)14-23-11-5-9-18(23)20(21)24/h2-4,6-8,10,12,18,22H,5,9,11,13-14H2,1H3,(H2,21,24)/t18-/m0/s1. The Morgan fingerprint density at radius 2 is 2.12 bits per heavy atom. The Labute approximate surface area is 148 Å². The number of para-hydroxylation sites is 1. The van der Waals surface area contributed by atoms with E-state index in [1.54, 1.807) is 7.11 Å². The number of carbonyl (C=O) groups is 1. The monoisotopic (exact) mass is 339 g/mol. The molecule has 1 fully saturated rings. The van der Waals surface area contributed by atoms with Crippen molar-refractivity contribution in [1.82, 2.24) is 4.90 Å². The predicted molar refractivity (Wildman–Crippen MR) is 99.4 cm³/mol. The molecular weight excluding hydrogens is 314 g/mol. The first-order chi connectivity index (χ1) is 12.2. The van der Waals surface area contributed by atoms with Gasteiger partial charge in [0.15, 0.2) is 0 Å². The summed E-state index contributed by atoms with van der Waals surface area (Å²) in [6.45, 7) is 2.37. The van der Waals surface area contributed by atoms with Crippen LogP contribution < -0.4 is 15.8 Å². The first-order valence-electron chi connectivity index (χ1n) is 8.65. The summed E-state index contributed by atoms with van der Waals surface area (Å²) in [6.07, 6.45) is 1.89. The smallest absolute Gasteiger partial charge is 0.234 e. The van der Waals surface area contributed by atoms with Crippen LogP contribution >= 0.6 is 0 Å². The van der Waals surface area contributed by atoms with Crippen molar-refractivity contribution in [2.45, 2.75) is 32.0 Å². The Morgan fingerprint density at radius 1 is 1.28 bits per heavy atom. The van der Waals surface area contributed by atoms with E-state index in [2.05, 4.69) is 34.5 Å². The number of anilines is 1. The highest BCUT2D eigenvalue weighted by molar-refractivity contribution is 5.80. The van der Waals surface area contributed by atoms with E-state index in [9.17, 15) is 4.79 Å². The zero-order valence-corrected chi connectivity index (χ0v) is 14.6. The molecule has 5 heteroatoms. The molecule has 0 aromatic heterocycles. The van der Waals surface area contributed by atoms with Crippen LogP contribution in [0.4, 0.5) is 5.69 Å². The number of carbonyl (C=O) groups excluding carboxylic acids is 1. The zero-order chi connectivity index (χ0) is 17.6. The highest BCUT2D eigenvalue weighted by atomic mass is 16.5. The normalized spacial score (nSPS) is 17.4. The van der Waals surface area contributed by atoms with Gasteiger partial charge < -0.3 is 15.8 Å². The number of hydrogen-bond acceptors (Lipinski definition) is 4. The van der Waals surface area contributed by atoms with Crippen LogP contribution in [0.25, 0.3) is 0 Å². The van der Waals surface area contributed by atoms with Crippen LogP contribution in [-0.2, 0) is 17.9 Å². The molecule has 1 amide bonds. The van der Waals surface area contributed by atoms with Gasteiger partial charge in [-0.1, -0.05) is 30.3 Å². The molecule has 0 unspecified atom stereocenters. The van der Waals surface area contributed by atoms with Gasteiger partial charge in [0.1, 0.15) is 5.75 Å². The second kappa shape index (κ2) is 8.03. The molecule has 2 aromatic rings. The predicted octanol–water partition coefficient (Wildman–Crippen LogP) is 2.76. The Hall–Kier alpha value is -2.53. The average molecular weight is 339 g/mol. The summed E-state index contributed by atoms with van der Waals surface area (Å²) in [6, 6.07) is 16.2. The van der Waals surface area contributed by atoms with Crippen molar-refractivity contribution in [3.05, 3.63) is 59.7 Å². The van der Waals surface area contributed by atoms with E-state index in [-0.39, 0.29) is 11.9 Å². The lowest BCUT2D eigenvalue weighted by Crippen LogP contribution is -2.39. The number of rotatable bonds is 7. The minimum Gasteiger partial charge on any atom is -0.496 e. The van der Waals surface area contributed by atoms with Crippen LogP contribution in [0.15, 0.2) is 48.5 Å². The van der Waals surface area contributed by atoms with Gasteiger partial charge >= 0.3 is 0 Å². The molecule has 3 rings (SSSR count). The number of methoxy groups -OCH3 is 1. The van der Waals surface area contributed by atoms with Crippen molar-refractivity contribution in [2.75, 3.05) is 19.0 Å². The molecule has 3 N–H and O–H groups in total. The van der Waals surface area contributed by atoms with Crippen LogP contribution in [0, 0.1) is 0 Å². The van der Waals surface area contributed by atoms with Crippen LogP contribution in [-0.4, -0.2) is 30.5 Å². The first kappa shape index (κ1) is 17.3. The second-order valence-electron chi connectivity index (χ2n) is 6.40. The third-order valence-electron chi connectivity index (χ3n) is 4.68. The van der Waals surface area contributed by atoms with Gasteiger partial charge in [-0.3, -0.25) is 9.69 Å². The maximum Gasteiger partial charge on any atom is 0.234 e. The van der Waals surface area contributed by atoms with Gasteiger partial charge in [0.05, 0.1) is 13.2 Å². The molecule has 1 saturated heterocycles. The molecule has 0 radical (unpaired) electrons. The fraction of sp³-hybridized carbons (Fsp3) is 0.350. The van der Waals surface area contributed by atoms with Gasteiger partial charge in [-0.2, -0.15) is 0 Å². The lowest BCUT2D eigenvalue weighted by molar-refractivity contribution is -0.122. The SMILES string of the molecule is COc1ccccc1CNc1cccc(CN2CCC[C@H]2C(N)=O)c1. The fourth-order valence-electron chi connectivity index (χ4n) is 3.40. The Kier molecular flexibility index (Phi) is 5.56. The lowest BCUT2D eigenvalue weighted by atomic mass is 10.1. The number of nitrogens with zero attached hydrogens (tertiary/aromatic N) is 1. The number of likely N-dealkylation sites (tertiary alicyclic amines) is 1.